The van der Waals surface area contributed by atoms with E-state index in [1.165, 1.54) is 5.56 Å². The fourth-order valence-electron chi connectivity index (χ4n) is 4.05. The maximum atomic E-state index is 13.7. The highest BCUT2D eigenvalue weighted by molar-refractivity contribution is 5.88. The Morgan fingerprint density at radius 2 is 1.43 bits per heavy atom. The van der Waals surface area contributed by atoms with Crippen LogP contribution in [0, 0.1) is 0 Å². The van der Waals surface area contributed by atoms with Crippen LogP contribution < -0.4 is 10.1 Å². The molecule has 2 amide bonds. The SMILES string of the molecule is CC[C@@H](C)NC(=O)[C@@H](Cc1ccccc1)N(Cc1ccccc1)C(=O)COc1ccc(C(C)(C)C)cc1. The number of carbonyl (C=O) groups excluding carboxylic acids is 2. The number of hydrogen-bond donors (Lipinski definition) is 1. The van der Waals surface area contributed by atoms with Crippen LogP contribution in [0.15, 0.2) is 84.9 Å². The van der Waals surface area contributed by atoms with Gasteiger partial charge in [-0.1, -0.05) is 100 Å². The first kappa shape index (κ1) is 28.0. The van der Waals surface area contributed by atoms with Crippen LogP contribution in [-0.2, 0) is 28.0 Å². The third-order valence-corrected chi connectivity index (χ3v) is 6.55. The number of carbonyl (C=O) groups is 2. The number of nitrogens with zero attached hydrogens (tertiary/aromatic N) is 1. The van der Waals surface area contributed by atoms with Gasteiger partial charge in [0.25, 0.3) is 5.91 Å². The summed E-state index contributed by atoms with van der Waals surface area (Å²) in [7, 11) is 0. The second kappa shape index (κ2) is 13.1. The van der Waals surface area contributed by atoms with E-state index in [1.807, 2.05) is 98.8 Å². The van der Waals surface area contributed by atoms with Crippen molar-refractivity contribution in [2.75, 3.05) is 6.61 Å². The number of rotatable bonds is 11. The third kappa shape index (κ3) is 8.49. The molecule has 0 radical (unpaired) electrons. The van der Waals surface area contributed by atoms with Crippen LogP contribution in [0.4, 0.5) is 0 Å². The number of hydrogen-bond acceptors (Lipinski definition) is 3. The van der Waals surface area contributed by atoms with Crippen LogP contribution in [0.25, 0.3) is 0 Å². The van der Waals surface area contributed by atoms with E-state index in [2.05, 4.69) is 26.1 Å². The Labute approximate surface area is 221 Å². The molecule has 3 aromatic carbocycles. The molecule has 0 aromatic heterocycles. The van der Waals surface area contributed by atoms with E-state index in [0.717, 1.165) is 17.5 Å². The number of nitrogens with one attached hydrogen (secondary N) is 1. The van der Waals surface area contributed by atoms with E-state index in [-0.39, 0.29) is 29.9 Å². The smallest absolute Gasteiger partial charge is 0.261 e. The fourth-order valence-corrected chi connectivity index (χ4v) is 4.05. The van der Waals surface area contributed by atoms with E-state index in [9.17, 15) is 9.59 Å². The van der Waals surface area contributed by atoms with Crippen molar-refractivity contribution in [1.82, 2.24) is 10.2 Å². The predicted molar refractivity (Wildman–Crippen MR) is 149 cm³/mol. The quantitative estimate of drug-likeness (QED) is 0.356. The second-order valence-electron chi connectivity index (χ2n) is 10.6. The summed E-state index contributed by atoms with van der Waals surface area (Å²) in [5, 5.41) is 3.09. The van der Waals surface area contributed by atoms with Crippen LogP contribution in [0.2, 0.25) is 0 Å². The van der Waals surface area contributed by atoms with Crippen molar-refractivity contribution in [3.8, 4) is 5.75 Å². The summed E-state index contributed by atoms with van der Waals surface area (Å²) >= 11 is 0. The zero-order valence-corrected chi connectivity index (χ0v) is 22.7. The molecule has 0 heterocycles. The van der Waals surface area contributed by atoms with E-state index in [0.29, 0.717) is 18.7 Å². The normalized spacial score (nSPS) is 12.9. The maximum Gasteiger partial charge on any atom is 0.261 e. The molecule has 3 aromatic rings. The average molecular weight is 501 g/mol. The highest BCUT2D eigenvalue weighted by atomic mass is 16.5. The molecule has 0 aliphatic rings. The Bertz CT molecular complexity index is 1120. The molecule has 2 atom stereocenters. The van der Waals surface area contributed by atoms with E-state index >= 15 is 0 Å². The summed E-state index contributed by atoms with van der Waals surface area (Å²) in [6, 6.07) is 26.8. The van der Waals surface area contributed by atoms with Crippen molar-refractivity contribution in [2.45, 2.75) is 71.5 Å². The van der Waals surface area contributed by atoms with Crippen LogP contribution in [0.1, 0.15) is 57.7 Å². The first-order chi connectivity index (χ1) is 17.7. The summed E-state index contributed by atoms with van der Waals surface area (Å²) in [4.78, 5) is 28.8. The highest BCUT2D eigenvalue weighted by Crippen LogP contribution is 2.24. The van der Waals surface area contributed by atoms with Crippen LogP contribution in [0.5, 0.6) is 5.75 Å². The Hall–Kier alpha value is -3.60. The lowest BCUT2D eigenvalue weighted by Gasteiger charge is -2.32. The molecule has 196 valence electrons. The predicted octanol–water partition coefficient (Wildman–Crippen LogP) is 5.92. The van der Waals surface area contributed by atoms with E-state index < -0.39 is 6.04 Å². The Balaban J connectivity index is 1.86. The van der Waals surface area contributed by atoms with E-state index in [1.54, 1.807) is 4.90 Å². The molecule has 0 bridgehead atoms. The fraction of sp³-hybridized carbons (Fsp3) is 0.375. The van der Waals surface area contributed by atoms with Gasteiger partial charge >= 0.3 is 0 Å². The summed E-state index contributed by atoms with van der Waals surface area (Å²) in [6.45, 7) is 10.6. The molecule has 5 nitrogen and oxygen atoms in total. The minimum Gasteiger partial charge on any atom is -0.484 e. The van der Waals surface area contributed by atoms with Crippen LogP contribution >= 0.6 is 0 Å². The number of amides is 2. The lowest BCUT2D eigenvalue weighted by Crippen LogP contribution is -2.53. The molecule has 0 unspecified atom stereocenters. The third-order valence-electron chi connectivity index (χ3n) is 6.55. The molecule has 0 aliphatic heterocycles. The standard InChI is InChI=1S/C32H40N2O3/c1-6-24(2)33-31(36)29(21-25-13-9-7-10-14-25)34(22-26-15-11-8-12-16-26)30(35)23-37-28-19-17-27(18-20-28)32(3,4)5/h7-20,24,29H,6,21-23H2,1-5H3,(H,33,36)/t24-,29-/m1/s1. The lowest BCUT2D eigenvalue weighted by molar-refractivity contribution is -0.143. The Morgan fingerprint density at radius 1 is 0.865 bits per heavy atom. The van der Waals surface area contributed by atoms with Gasteiger partial charge in [0.1, 0.15) is 11.8 Å². The topological polar surface area (TPSA) is 58.6 Å². The number of benzene rings is 3. The molecular weight excluding hydrogens is 460 g/mol. The summed E-state index contributed by atoms with van der Waals surface area (Å²) in [5.41, 5.74) is 3.19. The van der Waals surface area contributed by atoms with Gasteiger partial charge in [0.05, 0.1) is 0 Å². The van der Waals surface area contributed by atoms with Gasteiger partial charge in [0, 0.05) is 19.0 Å². The molecule has 0 fully saturated rings. The molecule has 1 N–H and O–H groups in total. The first-order valence-electron chi connectivity index (χ1n) is 13.1. The molecule has 0 aliphatic carbocycles. The monoisotopic (exact) mass is 500 g/mol. The van der Waals surface area contributed by atoms with Crippen LogP contribution in [0.3, 0.4) is 0 Å². The second-order valence-corrected chi connectivity index (χ2v) is 10.6. The zero-order chi connectivity index (χ0) is 26.8. The molecule has 0 saturated carbocycles. The maximum absolute atomic E-state index is 13.7. The largest absolute Gasteiger partial charge is 0.484 e. The van der Waals surface area contributed by atoms with Crippen LogP contribution in [-0.4, -0.2) is 35.4 Å². The van der Waals surface area contributed by atoms with Crippen molar-refractivity contribution < 1.29 is 14.3 Å². The van der Waals surface area contributed by atoms with Crippen molar-refractivity contribution in [1.29, 1.82) is 0 Å². The molecule has 37 heavy (non-hydrogen) atoms. The van der Waals surface area contributed by atoms with Gasteiger partial charge in [-0.2, -0.15) is 0 Å². The Morgan fingerprint density at radius 3 is 1.97 bits per heavy atom. The van der Waals surface area contributed by atoms with Crippen molar-refractivity contribution >= 4 is 11.8 Å². The first-order valence-corrected chi connectivity index (χ1v) is 13.1. The van der Waals surface area contributed by atoms with E-state index in [4.69, 9.17) is 4.74 Å². The Kier molecular flexibility index (Phi) is 9.90. The minimum absolute atomic E-state index is 0.0111. The van der Waals surface area contributed by atoms with Gasteiger partial charge in [0.2, 0.25) is 5.91 Å². The van der Waals surface area contributed by atoms with Gasteiger partial charge in [-0.25, -0.2) is 0 Å². The molecule has 3 rings (SSSR count). The molecular formula is C32H40N2O3. The van der Waals surface area contributed by atoms with Crippen molar-refractivity contribution in [3.63, 3.8) is 0 Å². The highest BCUT2D eigenvalue weighted by Gasteiger charge is 2.31. The van der Waals surface area contributed by atoms with Gasteiger partial charge in [0.15, 0.2) is 6.61 Å². The van der Waals surface area contributed by atoms with Gasteiger partial charge in [-0.3, -0.25) is 9.59 Å². The number of ether oxygens (including phenoxy) is 1. The van der Waals surface area contributed by atoms with Gasteiger partial charge < -0.3 is 15.0 Å². The lowest BCUT2D eigenvalue weighted by atomic mass is 9.87. The minimum atomic E-state index is -0.670. The molecule has 0 saturated heterocycles. The average Bonchev–Trinajstić information content (AvgIpc) is 2.90. The van der Waals surface area contributed by atoms with Crippen molar-refractivity contribution in [2.24, 2.45) is 0 Å². The summed E-state index contributed by atoms with van der Waals surface area (Å²) in [5.74, 6) is 0.241. The zero-order valence-electron chi connectivity index (χ0n) is 22.7. The van der Waals surface area contributed by atoms with Gasteiger partial charge in [-0.15, -0.1) is 0 Å². The molecule has 5 heteroatoms. The summed E-state index contributed by atoms with van der Waals surface area (Å²) in [6.07, 6.45) is 1.23. The molecule has 0 spiro atoms. The van der Waals surface area contributed by atoms with Crippen molar-refractivity contribution in [3.05, 3.63) is 102 Å². The summed E-state index contributed by atoms with van der Waals surface area (Å²) < 4.78 is 5.91. The van der Waals surface area contributed by atoms with Gasteiger partial charge in [-0.05, 0) is 47.6 Å².